The van der Waals surface area contributed by atoms with E-state index in [0.717, 1.165) is 5.56 Å². The first-order valence-electron chi connectivity index (χ1n) is 8.34. The Kier molecular flexibility index (Phi) is 6.76. The summed E-state index contributed by atoms with van der Waals surface area (Å²) in [6.07, 6.45) is 0. The van der Waals surface area contributed by atoms with Crippen molar-refractivity contribution >= 4 is 21.6 Å². The fraction of sp³-hybridized carbons (Fsp3) is 0.316. The molecule has 2 aromatic rings. The quantitative estimate of drug-likeness (QED) is 0.694. The Morgan fingerprint density at radius 3 is 2.35 bits per heavy atom. The van der Waals surface area contributed by atoms with Gasteiger partial charge in [0.1, 0.15) is 0 Å². The summed E-state index contributed by atoms with van der Waals surface area (Å²) in [4.78, 5) is 12.4. The Morgan fingerprint density at radius 1 is 1.08 bits per heavy atom. The molecule has 0 spiro atoms. The van der Waals surface area contributed by atoms with E-state index in [1.807, 2.05) is 13.8 Å². The van der Waals surface area contributed by atoms with E-state index in [0.29, 0.717) is 19.1 Å². The lowest BCUT2D eigenvalue weighted by atomic mass is 10.0. The van der Waals surface area contributed by atoms with Crippen molar-refractivity contribution in [2.45, 2.75) is 24.7 Å². The van der Waals surface area contributed by atoms with Gasteiger partial charge in [0.05, 0.1) is 22.8 Å². The van der Waals surface area contributed by atoms with Crippen LogP contribution in [0.2, 0.25) is 0 Å². The Balaban J connectivity index is 2.22. The lowest BCUT2D eigenvalue weighted by Gasteiger charge is -2.13. The number of methoxy groups -OCH3 is 1. The number of para-hydroxylation sites is 1. The van der Waals surface area contributed by atoms with Crippen LogP contribution in [0.1, 0.15) is 35.7 Å². The predicted octanol–water partition coefficient (Wildman–Crippen LogP) is 2.99. The number of benzene rings is 2. The number of hydrogen-bond donors (Lipinski definition) is 2. The number of rotatable bonds is 8. The summed E-state index contributed by atoms with van der Waals surface area (Å²) in [5.74, 6) is -0.0493. The van der Waals surface area contributed by atoms with Gasteiger partial charge in [-0.05, 0) is 35.7 Å². The lowest BCUT2D eigenvalue weighted by Crippen LogP contribution is -2.28. The molecule has 0 bridgehead atoms. The van der Waals surface area contributed by atoms with Crippen molar-refractivity contribution in [1.82, 2.24) is 5.32 Å². The van der Waals surface area contributed by atoms with Gasteiger partial charge >= 0.3 is 0 Å². The van der Waals surface area contributed by atoms with Gasteiger partial charge in [0, 0.05) is 13.7 Å². The summed E-state index contributed by atoms with van der Waals surface area (Å²) in [5.41, 5.74) is 1.54. The van der Waals surface area contributed by atoms with Crippen LogP contribution < -0.4 is 10.0 Å². The normalized spacial score (nSPS) is 11.4. The smallest absolute Gasteiger partial charge is 0.261 e. The van der Waals surface area contributed by atoms with Gasteiger partial charge in [-0.1, -0.05) is 38.1 Å². The summed E-state index contributed by atoms with van der Waals surface area (Å²) in [6.45, 7) is 4.80. The Labute approximate surface area is 154 Å². The van der Waals surface area contributed by atoms with Crippen molar-refractivity contribution in [1.29, 1.82) is 0 Å². The Morgan fingerprint density at radius 2 is 1.73 bits per heavy atom. The molecular weight excluding hydrogens is 352 g/mol. The number of ether oxygens (including phenoxy) is 1. The van der Waals surface area contributed by atoms with Crippen LogP contribution in [0.5, 0.6) is 0 Å². The molecule has 0 aliphatic carbocycles. The number of amides is 1. The first-order chi connectivity index (χ1) is 12.3. The van der Waals surface area contributed by atoms with E-state index in [4.69, 9.17) is 4.74 Å². The summed E-state index contributed by atoms with van der Waals surface area (Å²) in [5, 5.41) is 2.69. The minimum Gasteiger partial charge on any atom is -0.383 e. The lowest BCUT2D eigenvalue weighted by molar-refractivity contribution is 0.0938. The molecule has 0 atom stereocenters. The first kappa shape index (κ1) is 19.9. The molecule has 0 radical (unpaired) electrons. The van der Waals surface area contributed by atoms with Crippen molar-refractivity contribution in [2.24, 2.45) is 0 Å². The van der Waals surface area contributed by atoms with Crippen LogP contribution in [-0.2, 0) is 14.8 Å². The fourth-order valence-electron chi connectivity index (χ4n) is 2.37. The highest BCUT2D eigenvalue weighted by Gasteiger charge is 2.18. The van der Waals surface area contributed by atoms with Crippen LogP contribution in [-0.4, -0.2) is 34.6 Å². The fourth-order valence-corrected chi connectivity index (χ4v) is 3.45. The molecular formula is C19H24N2O4S. The molecule has 6 nitrogen and oxygen atoms in total. The molecule has 7 heteroatoms. The molecule has 0 saturated carbocycles. The molecule has 2 N–H and O–H groups in total. The third-order valence-electron chi connectivity index (χ3n) is 3.86. The van der Waals surface area contributed by atoms with Gasteiger partial charge in [-0.3, -0.25) is 9.52 Å². The van der Waals surface area contributed by atoms with E-state index in [1.54, 1.807) is 55.6 Å². The van der Waals surface area contributed by atoms with E-state index in [-0.39, 0.29) is 22.1 Å². The topological polar surface area (TPSA) is 84.5 Å². The van der Waals surface area contributed by atoms with Gasteiger partial charge in [-0.25, -0.2) is 8.42 Å². The van der Waals surface area contributed by atoms with E-state index in [2.05, 4.69) is 10.0 Å². The zero-order chi connectivity index (χ0) is 19.2. The van der Waals surface area contributed by atoms with Gasteiger partial charge in [-0.15, -0.1) is 0 Å². The Hall–Kier alpha value is -2.38. The van der Waals surface area contributed by atoms with Crippen LogP contribution in [0, 0.1) is 0 Å². The van der Waals surface area contributed by atoms with Crippen molar-refractivity contribution in [3.05, 3.63) is 59.7 Å². The second-order valence-electron chi connectivity index (χ2n) is 6.12. The minimum absolute atomic E-state index is 0.150. The number of sulfonamides is 1. The zero-order valence-electron chi connectivity index (χ0n) is 15.2. The molecule has 0 fully saturated rings. The highest BCUT2D eigenvalue weighted by Crippen LogP contribution is 2.22. The monoisotopic (exact) mass is 376 g/mol. The van der Waals surface area contributed by atoms with E-state index >= 15 is 0 Å². The van der Waals surface area contributed by atoms with Crippen molar-refractivity contribution in [3.63, 3.8) is 0 Å². The average molecular weight is 376 g/mol. The van der Waals surface area contributed by atoms with E-state index in [1.165, 1.54) is 0 Å². The molecule has 2 aromatic carbocycles. The maximum atomic E-state index is 12.7. The molecule has 26 heavy (non-hydrogen) atoms. The second-order valence-corrected chi connectivity index (χ2v) is 7.81. The third-order valence-corrected chi connectivity index (χ3v) is 5.25. The number of carbonyl (C=O) groups is 1. The van der Waals surface area contributed by atoms with Crippen LogP contribution in [0.3, 0.4) is 0 Å². The molecule has 0 saturated heterocycles. The van der Waals surface area contributed by atoms with E-state index < -0.39 is 10.0 Å². The van der Waals surface area contributed by atoms with Gasteiger partial charge in [0.2, 0.25) is 0 Å². The van der Waals surface area contributed by atoms with Gasteiger partial charge in [0.25, 0.3) is 15.9 Å². The number of anilines is 1. The third kappa shape index (κ3) is 5.06. The summed E-state index contributed by atoms with van der Waals surface area (Å²) in [6, 6.07) is 13.2. The largest absolute Gasteiger partial charge is 0.383 e. The molecule has 0 aromatic heterocycles. The van der Waals surface area contributed by atoms with Gasteiger partial charge in [-0.2, -0.15) is 0 Å². The number of nitrogens with one attached hydrogen (secondary N) is 2. The van der Waals surface area contributed by atoms with E-state index in [9.17, 15) is 13.2 Å². The highest BCUT2D eigenvalue weighted by molar-refractivity contribution is 7.92. The average Bonchev–Trinajstić information content (AvgIpc) is 2.62. The van der Waals surface area contributed by atoms with Crippen LogP contribution in [0.25, 0.3) is 0 Å². The van der Waals surface area contributed by atoms with Crippen molar-refractivity contribution in [3.8, 4) is 0 Å². The molecule has 2 rings (SSSR count). The predicted molar refractivity (Wildman–Crippen MR) is 102 cm³/mol. The first-order valence-corrected chi connectivity index (χ1v) is 9.82. The Bertz CT molecular complexity index is 846. The molecule has 1 amide bonds. The maximum Gasteiger partial charge on any atom is 0.261 e. The maximum absolute atomic E-state index is 12.7. The standard InChI is InChI=1S/C19H24N2O4S/c1-14(2)15-8-10-16(11-9-15)26(23,24)21-18-7-5-4-6-17(18)19(22)20-12-13-25-3/h4-11,14,21H,12-13H2,1-3H3,(H,20,22). The number of carbonyl (C=O) groups excluding carboxylic acids is 1. The van der Waals surface area contributed by atoms with Crippen molar-refractivity contribution < 1.29 is 17.9 Å². The molecule has 140 valence electrons. The highest BCUT2D eigenvalue weighted by atomic mass is 32.2. The molecule has 0 unspecified atom stereocenters. The molecule has 0 aliphatic heterocycles. The second kappa shape index (κ2) is 8.82. The SMILES string of the molecule is COCCNC(=O)c1ccccc1NS(=O)(=O)c1ccc(C(C)C)cc1. The summed E-state index contributed by atoms with van der Waals surface area (Å²) < 4.78 is 32.7. The molecule has 0 aliphatic rings. The minimum atomic E-state index is -3.79. The number of hydrogen-bond acceptors (Lipinski definition) is 4. The zero-order valence-corrected chi connectivity index (χ0v) is 16.0. The van der Waals surface area contributed by atoms with Crippen LogP contribution >= 0.6 is 0 Å². The molecule has 0 heterocycles. The summed E-state index contributed by atoms with van der Waals surface area (Å²) >= 11 is 0. The van der Waals surface area contributed by atoms with Crippen molar-refractivity contribution in [2.75, 3.05) is 25.0 Å². The van der Waals surface area contributed by atoms with Gasteiger partial charge in [0.15, 0.2) is 0 Å². The summed E-state index contributed by atoms with van der Waals surface area (Å²) in [7, 11) is -2.25. The van der Waals surface area contributed by atoms with Crippen LogP contribution in [0.4, 0.5) is 5.69 Å². The van der Waals surface area contributed by atoms with Gasteiger partial charge < -0.3 is 10.1 Å². The van der Waals surface area contributed by atoms with Crippen LogP contribution in [0.15, 0.2) is 53.4 Å².